The average Bonchev–Trinajstić information content (AvgIpc) is 3.12. The predicted molar refractivity (Wildman–Crippen MR) is 93.0 cm³/mol. The zero-order valence-electron chi connectivity index (χ0n) is 14.4. The van der Waals surface area contributed by atoms with Gasteiger partial charge in [-0.15, -0.1) is 0 Å². The number of carbonyl (C=O) groups excluding carboxylic acids is 1. The fraction of sp³-hybridized carbons (Fsp3) is 0.375. The number of hydrogen-bond acceptors (Lipinski definition) is 6. The van der Waals surface area contributed by atoms with Gasteiger partial charge in [0.1, 0.15) is 18.0 Å². The topological polar surface area (TPSA) is 114 Å². The number of fused-ring (bicyclic) bond motifs is 3. The molecule has 0 radical (unpaired) electrons. The molecule has 1 aliphatic carbocycles. The summed E-state index contributed by atoms with van der Waals surface area (Å²) < 4.78 is 48.6. The maximum atomic E-state index is 15.4. The lowest BCUT2D eigenvalue weighted by molar-refractivity contribution is -0.117. The normalized spacial score (nSPS) is 17.6. The summed E-state index contributed by atoms with van der Waals surface area (Å²) in [7, 11) is -2.68. The third kappa shape index (κ3) is 2.82. The molecule has 2 aromatic rings. The Labute approximate surface area is 154 Å². The maximum absolute atomic E-state index is 15.4. The quantitative estimate of drug-likeness (QED) is 0.770. The fourth-order valence-electron chi connectivity index (χ4n) is 3.46. The lowest BCUT2D eigenvalue weighted by Crippen LogP contribution is -2.30. The van der Waals surface area contributed by atoms with Crippen molar-refractivity contribution in [3.05, 3.63) is 29.3 Å². The highest BCUT2D eigenvalue weighted by Crippen LogP contribution is 2.44. The van der Waals surface area contributed by atoms with Gasteiger partial charge in [0.25, 0.3) is 5.91 Å². The van der Waals surface area contributed by atoms with Crippen molar-refractivity contribution < 1.29 is 27.4 Å². The molecule has 1 aromatic carbocycles. The Balaban J connectivity index is 1.86. The first-order valence-electron chi connectivity index (χ1n) is 8.25. The third-order valence-electron chi connectivity index (χ3n) is 4.63. The molecule has 1 amide bonds. The zero-order valence-corrected chi connectivity index (χ0v) is 15.2. The maximum Gasteiger partial charge on any atom is 0.326 e. The van der Waals surface area contributed by atoms with Gasteiger partial charge >= 0.3 is 10.2 Å². The van der Waals surface area contributed by atoms with Crippen LogP contribution in [0.15, 0.2) is 12.3 Å². The number of nitrogens with zero attached hydrogens (tertiary/aromatic N) is 3. The van der Waals surface area contributed by atoms with Crippen LogP contribution >= 0.6 is 0 Å². The molecule has 0 unspecified atom stereocenters. The van der Waals surface area contributed by atoms with E-state index in [-0.39, 0.29) is 5.56 Å². The van der Waals surface area contributed by atoms with Crippen LogP contribution in [0.5, 0.6) is 5.75 Å². The van der Waals surface area contributed by atoms with Crippen LogP contribution in [0.2, 0.25) is 0 Å². The Morgan fingerprint density at radius 1 is 1.41 bits per heavy atom. The van der Waals surface area contributed by atoms with Gasteiger partial charge in [-0.25, -0.2) is 13.4 Å². The predicted octanol–water partition coefficient (Wildman–Crippen LogP) is 0.321. The standard InChI is InChI=1S/C16H17FN4O5S/c1-26-5-4-20-7-10-11(18-20)3-2-9-6-12(22)16(15(17)14(9)10)21-8-13(23)19-27(21,24)25/h6-7,22H,2-5,8H2,1H3,(H,19,23). The third-order valence-corrected chi connectivity index (χ3v) is 6.01. The van der Waals surface area contributed by atoms with E-state index in [4.69, 9.17) is 4.74 Å². The highest BCUT2D eigenvalue weighted by atomic mass is 32.2. The van der Waals surface area contributed by atoms with Crippen molar-refractivity contribution in [2.24, 2.45) is 0 Å². The molecule has 0 bridgehead atoms. The van der Waals surface area contributed by atoms with Crippen molar-refractivity contribution >= 4 is 21.8 Å². The Kier molecular flexibility index (Phi) is 4.07. The Bertz CT molecular complexity index is 1050. The Morgan fingerprint density at radius 3 is 2.85 bits per heavy atom. The highest BCUT2D eigenvalue weighted by Gasteiger charge is 2.39. The van der Waals surface area contributed by atoms with Crippen LogP contribution in [0, 0.1) is 5.82 Å². The molecule has 1 aromatic heterocycles. The number of halogens is 1. The molecule has 11 heteroatoms. The molecule has 1 fully saturated rings. The minimum atomic E-state index is -4.25. The SMILES string of the molecule is COCCn1cc2c(n1)CCc1cc(O)c(N3CC(=O)NS3(=O)=O)c(F)c1-2. The molecule has 4 rings (SSSR count). The van der Waals surface area contributed by atoms with Crippen LogP contribution in [-0.2, 0) is 39.1 Å². The molecule has 144 valence electrons. The lowest BCUT2D eigenvalue weighted by Gasteiger charge is -2.22. The summed E-state index contributed by atoms with van der Waals surface area (Å²) in [6, 6.07) is 1.35. The van der Waals surface area contributed by atoms with E-state index in [1.165, 1.54) is 6.07 Å². The van der Waals surface area contributed by atoms with E-state index >= 15 is 4.39 Å². The second-order valence-corrected chi connectivity index (χ2v) is 7.97. The van der Waals surface area contributed by atoms with Crippen LogP contribution < -0.4 is 9.03 Å². The van der Waals surface area contributed by atoms with Gasteiger partial charge in [-0.3, -0.25) is 9.48 Å². The van der Waals surface area contributed by atoms with Gasteiger partial charge in [0.2, 0.25) is 0 Å². The summed E-state index contributed by atoms with van der Waals surface area (Å²) in [4.78, 5) is 11.5. The van der Waals surface area contributed by atoms with Crippen LogP contribution in [-0.4, -0.2) is 49.5 Å². The fourth-order valence-corrected chi connectivity index (χ4v) is 4.62. The minimum absolute atomic E-state index is 0.197. The first-order chi connectivity index (χ1) is 12.8. The monoisotopic (exact) mass is 396 g/mol. The number of amides is 1. The summed E-state index contributed by atoms with van der Waals surface area (Å²) >= 11 is 0. The van der Waals surface area contributed by atoms with E-state index in [2.05, 4.69) is 5.10 Å². The van der Waals surface area contributed by atoms with Crippen molar-refractivity contribution in [3.63, 3.8) is 0 Å². The second kappa shape index (κ2) is 6.20. The van der Waals surface area contributed by atoms with Gasteiger partial charge in [-0.1, -0.05) is 0 Å². The van der Waals surface area contributed by atoms with Crippen molar-refractivity contribution in [3.8, 4) is 16.9 Å². The number of phenolic OH excluding ortho intramolecular Hbond substituents is 1. The van der Waals surface area contributed by atoms with Crippen molar-refractivity contribution in [1.82, 2.24) is 14.5 Å². The number of rotatable bonds is 4. The minimum Gasteiger partial charge on any atom is -0.506 e. The molecule has 2 heterocycles. The summed E-state index contributed by atoms with van der Waals surface area (Å²) in [5, 5.41) is 14.7. The van der Waals surface area contributed by atoms with Gasteiger partial charge in [-0.2, -0.15) is 13.5 Å². The number of hydrogen-bond donors (Lipinski definition) is 2. The number of anilines is 1. The molecular weight excluding hydrogens is 379 g/mol. The molecule has 0 saturated carbocycles. The van der Waals surface area contributed by atoms with Gasteiger partial charge in [0.15, 0.2) is 5.82 Å². The van der Waals surface area contributed by atoms with Crippen LogP contribution in [0.3, 0.4) is 0 Å². The molecule has 1 aliphatic heterocycles. The van der Waals surface area contributed by atoms with Crippen LogP contribution in [0.1, 0.15) is 11.3 Å². The Hall–Kier alpha value is -2.66. The van der Waals surface area contributed by atoms with Gasteiger partial charge in [-0.05, 0) is 24.5 Å². The first-order valence-corrected chi connectivity index (χ1v) is 9.69. The summed E-state index contributed by atoms with van der Waals surface area (Å²) in [5.74, 6) is -2.21. The van der Waals surface area contributed by atoms with Crippen molar-refractivity contribution in [1.29, 1.82) is 0 Å². The number of aromatic hydroxyl groups is 1. The van der Waals surface area contributed by atoms with Gasteiger partial charge in [0.05, 0.1) is 18.8 Å². The number of aromatic nitrogens is 2. The van der Waals surface area contributed by atoms with E-state index < -0.39 is 39.9 Å². The van der Waals surface area contributed by atoms with Crippen molar-refractivity contribution in [2.75, 3.05) is 24.6 Å². The molecule has 27 heavy (non-hydrogen) atoms. The summed E-state index contributed by atoms with van der Waals surface area (Å²) in [5.41, 5.74) is 1.45. The van der Waals surface area contributed by atoms with E-state index in [0.717, 1.165) is 0 Å². The largest absolute Gasteiger partial charge is 0.506 e. The number of methoxy groups -OCH3 is 1. The van der Waals surface area contributed by atoms with E-state index in [1.54, 1.807) is 22.7 Å². The number of benzene rings is 1. The Morgan fingerprint density at radius 2 is 2.19 bits per heavy atom. The summed E-state index contributed by atoms with van der Waals surface area (Å²) in [6.07, 6.45) is 2.71. The molecule has 1 saturated heterocycles. The first kappa shape index (κ1) is 17.7. The number of carbonyl (C=O) groups is 1. The lowest BCUT2D eigenvalue weighted by atomic mass is 9.88. The van der Waals surface area contributed by atoms with Crippen molar-refractivity contribution in [2.45, 2.75) is 19.4 Å². The second-order valence-electron chi connectivity index (χ2n) is 6.37. The molecule has 0 atom stereocenters. The number of nitrogens with one attached hydrogen (secondary N) is 1. The molecule has 0 spiro atoms. The molecule has 2 N–H and O–H groups in total. The number of ether oxygens (including phenoxy) is 1. The highest BCUT2D eigenvalue weighted by molar-refractivity contribution is 7.92. The van der Waals surface area contributed by atoms with Crippen LogP contribution in [0.4, 0.5) is 10.1 Å². The zero-order chi connectivity index (χ0) is 19.3. The average molecular weight is 396 g/mol. The van der Waals surface area contributed by atoms with E-state index in [9.17, 15) is 18.3 Å². The van der Waals surface area contributed by atoms with E-state index in [1.807, 2.05) is 0 Å². The van der Waals surface area contributed by atoms with Gasteiger partial charge in [0, 0.05) is 24.4 Å². The smallest absolute Gasteiger partial charge is 0.326 e. The van der Waals surface area contributed by atoms with Crippen LogP contribution in [0.25, 0.3) is 11.1 Å². The van der Waals surface area contributed by atoms with E-state index in [0.29, 0.717) is 47.1 Å². The number of phenols is 1. The molecule has 2 aliphatic rings. The molecule has 9 nitrogen and oxygen atoms in total. The molecular formula is C16H17FN4O5S. The van der Waals surface area contributed by atoms with Gasteiger partial charge < -0.3 is 9.84 Å². The number of aryl methyl sites for hydroxylation is 2. The summed E-state index contributed by atoms with van der Waals surface area (Å²) in [6.45, 7) is 0.340.